The highest BCUT2D eigenvalue weighted by atomic mass is 127. The van der Waals surface area contributed by atoms with Crippen LogP contribution in [0.25, 0.3) is 0 Å². The van der Waals surface area contributed by atoms with E-state index < -0.39 is 5.60 Å². The molecular formula is C9H13IN2O2. The zero-order valence-electron chi connectivity index (χ0n) is 8.43. The maximum atomic E-state index is 11.4. The van der Waals surface area contributed by atoms with Crippen LogP contribution in [-0.4, -0.2) is 17.1 Å². The number of nitrogens with one attached hydrogen (secondary N) is 1. The van der Waals surface area contributed by atoms with Gasteiger partial charge in [0.05, 0.1) is 3.57 Å². The van der Waals surface area contributed by atoms with Gasteiger partial charge in [-0.2, -0.15) is 0 Å². The zero-order valence-corrected chi connectivity index (χ0v) is 10.6. The fourth-order valence-corrected chi connectivity index (χ4v) is 1.33. The zero-order chi connectivity index (χ0) is 10.8. The first kappa shape index (κ1) is 11.6. The summed E-state index contributed by atoms with van der Waals surface area (Å²) in [4.78, 5) is 18.2. The summed E-state index contributed by atoms with van der Waals surface area (Å²) in [7, 11) is 1.61. The number of hydrogen-bond donors (Lipinski definition) is 1. The van der Waals surface area contributed by atoms with Crippen molar-refractivity contribution < 1.29 is 4.74 Å². The number of H-pyrrole nitrogens is 1. The van der Waals surface area contributed by atoms with E-state index in [4.69, 9.17) is 4.74 Å². The molecule has 1 heterocycles. The van der Waals surface area contributed by atoms with Crippen LogP contribution in [0.3, 0.4) is 0 Å². The lowest BCUT2D eigenvalue weighted by molar-refractivity contribution is -0.00922. The molecule has 0 spiro atoms. The van der Waals surface area contributed by atoms with E-state index in [2.05, 4.69) is 9.97 Å². The second-order valence-corrected chi connectivity index (χ2v) is 4.36. The molecule has 78 valence electrons. The van der Waals surface area contributed by atoms with Gasteiger partial charge in [0.15, 0.2) is 0 Å². The third kappa shape index (κ3) is 2.14. The molecule has 1 aromatic heterocycles. The van der Waals surface area contributed by atoms with E-state index in [0.29, 0.717) is 9.39 Å². The summed E-state index contributed by atoms with van der Waals surface area (Å²) in [6, 6.07) is 0. The summed E-state index contributed by atoms with van der Waals surface area (Å²) in [6.07, 6.45) is 2.31. The van der Waals surface area contributed by atoms with E-state index in [-0.39, 0.29) is 5.56 Å². The summed E-state index contributed by atoms with van der Waals surface area (Å²) in [5, 5.41) is 0. The molecule has 0 saturated heterocycles. The SMILES string of the molecule is CCC(C)(OC)c1ncc(I)c(=O)[nH]1. The number of nitrogens with zero attached hydrogens (tertiary/aromatic N) is 1. The Labute approximate surface area is 96.2 Å². The maximum Gasteiger partial charge on any atom is 0.264 e. The van der Waals surface area contributed by atoms with Gasteiger partial charge in [-0.05, 0) is 35.9 Å². The third-order valence-corrected chi connectivity index (χ3v) is 3.15. The molecule has 0 fully saturated rings. The van der Waals surface area contributed by atoms with Crippen LogP contribution in [0.15, 0.2) is 11.0 Å². The lowest BCUT2D eigenvalue weighted by Gasteiger charge is -2.24. The fraction of sp³-hybridized carbons (Fsp3) is 0.556. The Hall–Kier alpha value is -0.430. The first-order valence-corrected chi connectivity index (χ1v) is 5.42. The van der Waals surface area contributed by atoms with E-state index in [1.54, 1.807) is 13.3 Å². The van der Waals surface area contributed by atoms with Crippen molar-refractivity contribution in [2.75, 3.05) is 7.11 Å². The number of aromatic amines is 1. The molecule has 0 aliphatic rings. The number of aromatic nitrogens is 2. The number of rotatable bonds is 3. The maximum absolute atomic E-state index is 11.4. The van der Waals surface area contributed by atoms with E-state index in [1.807, 2.05) is 36.4 Å². The van der Waals surface area contributed by atoms with Gasteiger partial charge < -0.3 is 9.72 Å². The quantitative estimate of drug-likeness (QED) is 0.864. The monoisotopic (exact) mass is 308 g/mol. The highest BCUT2D eigenvalue weighted by Gasteiger charge is 2.26. The second kappa shape index (κ2) is 4.39. The lowest BCUT2D eigenvalue weighted by Crippen LogP contribution is -2.29. The van der Waals surface area contributed by atoms with Crippen LogP contribution in [0, 0.1) is 3.57 Å². The van der Waals surface area contributed by atoms with Gasteiger partial charge in [-0.3, -0.25) is 4.79 Å². The first-order valence-electron chi connectivity index (χ1n) is 4.34. The Kier molecular flexibility index (Phi) is 3.65. The van der Waals surface area contributed by atoms with Crippen LogP contribution in [0.5, 0.6) is 0 Å². The summed E-state index contributed by atoms with van der Waals surface area (Å²) in [5.74, 6) is 0.577. The van der Waals surface area contributed by atoms with E-state index in [1.165, 1.54) is 0 Å². The van der Waals surface area contributed by atoms with Crippen LogP contribution in [-0.2, 0) is 10.3 Å². The van der Waals surface area contributed by atoms with Crippen LogP contribution >= 0.6 is 22.6 Å². The Balaban J connectivity index is 3.19. The van der Waals surface area contributed by atoms with E-state index in [0.717, 1.165) is 6.42 Å². The van der Waals surface area contributed by atoms with E-state index in [9.17, 15) is 4.79 Å². The van der Waals surface area contributed by atoms with Crippen molar-refractivity contribution in [3.8, 4) is 0 Å². The molecular weight excluding hydrogens is 295 g/mol. The van der Waals surface area contributed by atoms with Gasteiger partial charge >= 0.3 is 0 Å². The van der Waals surface area contributed by atoms with Crippen molar-refractivity contribution in [2.24, 2.45) is 0 Å². The van der Waals surface area contributed by atoms with Crippen LogP contribution in [0.1, 0.15) is 26.1 Å². The van der Waals surface area contributed by atoms with Crippen molar-refractivity contribution in [3.63, 3.8) is 0 Å². The van der Waals surface area contributed by atoms with Crippen molar-refractivity contribution in [1.82, 2.24) is 9.97 Å². The molecule has 0 amide bonds. The van der Waals surface area contributed by atoms with Crippen molar-refractivity contribution in [2.45, 2.75) is 25.9 Å². The molecule has 1 unspecified atom stereocenters. The average Bonchev–Trinajstić information content (AvgIpc) is 2.21. The highest BCUT2D eigenvalue weighted by Crippen LogP contribution is 2.23. The lowest BCUT2D eigenvalue weighted by atomic mass is 10.0. The fourth-order valence-electron chi connectivity index (χ4n) is 1.06. The number of ether oxygens (including phenoxy) is 1. The topological polar surface area (TPSA) is 55.0 Å². The minimum Gasteiger partial charge on any atom is -0.371 e. The van der Waals surface area contributed by atoms with Crippen molar-refractivity contribution in [3.05, 3.63) is 25.9 Å². The summed E-state index contributed by atoms with van der Waals surface area (Å²) in [5.41, 5.74) is -0.629. The van der Waals surface area contributed by atoms with Crippen LogP contribution < -0.4 is 5.56 Å². The van der Waals surface area contributed by atoms with Crippen LogP contribution in [0.2, 0.25) is 0 Å². The largest absolute Gasteiger partial charge is 0.371 e. The molecule has 0 bridgehead atoms. The summed E-state index contributed by atoms with van der Waals surface area (Å²) in [6.45, 7) is 3.89. The summed E-state index contributed by atoms with van der Waals surface area (Å²) < 4.78 is 5.92. The van der Waals surface area contributed by atoms with Gasteiger partial charge in [0.1, 0.15) is 11.4 Å². The molecule has 0 saturated carbocycles. The van der Waals surface area contributed by atoms with Crippen molar-refractivity contribution >= 4 is 22.6 Å². The Morgan fingerprint density at radius 2 is 2.36 bits per heavy atom. The molecule has 1 atom stereocenters. The molecule has 0 aliphatic carbocycles. The number of halogens is 1. The van der Waals surface area contributed by atoms with Crippen LogP contribution in [0.4, 0.5) is 0 Å². The first-order chi connectivity index (χ1) is 6.53. The molecule has 0 aromatic carbocycles. The number of hydrogen-bond acceptors (Lipinski definition) is 3. The smallest absolute Gasteiger partial charge is 0.264 e. The predicted octanol–water partition coefficient (Wildman–Crippen LogP) is 1.65. The molecule has 0 aliphatic heterocycles. The molecule has 14 heavy (non-hydrogen) atoms. The van der Waals surface area contributed by atoms with Gasteiger partial charge in [0.2, 0.25) is 0 Å². The summed E-state index contributed by atoms with van der Waals surface area (Å²) >= 11 is 1.95. The molecule has 4 nitrogen and oxygen atoms in total. The normalized spacial score (nSPS) is 15.1. The molecule has 1 aromatic rings. The minimum atomic E-state index is -0.510. The van der Waals surface area contributed by atoms with Gasteiger partial charge in [0.25, 0.3) is 5.56 Å². The Morgan fingerprint density at radius 1 is 1.71 bits per heavy atom. The minimum absolute atomic E-state index is 0.118. The molecule has 0 radical (unpaired) electrons. The highest BCUT2D eigenvalue weighted by molar-refractivity contribution is 14.1. The molecule has 1 rings (SSSR count). The van der Waals surface area contributed by atoms with Gasteiger partial charge in [-0.25, -0.2) is 4.98 Å². The Bertz CT molecular complexity index is 371. The van der Waals surface area contributed by atoms with Gasteiger partial charge in [-0.1, -0.05) is 6.92 Å². The third-order valence-electron chi connectivity index (χ3n) is 2.38. The van der Waals surface area contributed by atoms with E-state index >= 15 is 0 Å². The molecule has 5 heteroatoms. The number of methoxy groups -OCH3 is 1. The Morgan fingerprint density at radius 3 is 2.79 bits per heavy atom. The van der Waals surface area contributed by atoms with Crippen molar-refractivity contribution in [1.29, 1.82) is 0 Å². The predicted molar refractivity (Wildman–Crippen MR) is 62.2 cm³/mol. The standard InChI is InChI=1S/C9H13IN2O2/c1-4-9(2,14-3)8-11-5-6(10)7(13)12-8/h5H,4H2,1-3H3,(H,11,12,13). The van der Waals surface area contributed by atoms with Gasteiger partial charge in [-0.15, -0.1) is 0 Å². The van der Waals surface area contributed by atoms with Gasteiger partial charge in [0, 0.05) is 13.3 Å². The molecule has 1 N–H and O–H groups in total. The second-order valence-electron chi connectivity index (χ2n) is 3.20. The average molecular weight is 308 g/mol.